The second kappa shape index (κ2) is 4.72. The average Bonchev–Trinajstić information content (AvgIpc) is 2.15. The summed E-state index contributed by atoms with van der Waals surface area (Å²) in [5.41, 5.74) is 10.0. The van der Waals surface area contributed by atoms with E-state index in [1.54, 1.807) is 0 Å². The summed E-state index contributed by atoms with van der Waals surface area (Å²) in [6.07, 6.45) is 2.40. The summed E-state index contributed by atoms with van der Waals surface area (Å²) in [6.45, 7) is 13.5. The maximum absolute atomic E-state index is 6.05. The van der Waals surface area contributed by atoms with Crippen molar-refractivity contribution in [1.82, 2.24) is 0 Å². The number of hydrogen-bond acceptors (Lipinski definition) is 1. The molecule has 96 valence electrons. The lowest BCUT2D eigenvalue weighted by Crippen LogP contribution is -2.19. The lowest BCUT2D eigenvalue weighted by molar-refractivity contribution is 0.471. The maximum atomic E-state index is 6.05. The van der Waals surface area contributed by atoms with Crippen LogP contribution in [0.25, 0.3) is 0 Å². The van der Waals surface area contributed by atoms with Gasteiger partial charge in [-0.25, -0.2) is 0 Å². The fraction of sp³-hybridized carbons (Fsp3) is 0.625. The van der Waals surface area contributed by atoms with Gasteiger partial charge in [0.15, 0.2) is 0 Å². The Bertz CT molecular complexity index is 383. The monoisotopic (exact) mass is 233 g/mol. The molecule has 0 fully saturated rings. The zero-order valence-electron chi connectivity index (χ0n) is 12.2. The third kappa shape index (κ3) is 3.49. The first-order valence-corrected chi connectivity index (χ1v) is 6.58. The van der Waals surface area contributed by atoms with Crippen molar-refractivity contribution in [2.45, 2.75) is 65.2 Å². The van der Waals surface area contributed by atoms with Gasteiger partial charge in [-0.1, -0.05) is 54.0 Å². The Hall–Kier alpha value is -0.980. The highest BCUT2D eigenvalue weighted by Gasteiger charge is 2.22. The van der Waals surface area contributed by atoms with Gasteiger partial charge in [-0.05, 0) is 40.5 Å². The van der Waals surface area contributed by atoms with E-state index in [9.17, 15) is 0 Å². The summed E-state index contributed by atoms with van der Waals surface area (Å²) in [5.74, 6) is 0. The molecule has 0 saturated heterocycles. The van der Waals surface area contributed by atoms with E-state index in [-0.39, 0.29) is 10.8 Å². The number of benzene rings is 1. The van der Waals surface area contributed by atoms with Crippen molar-refractivity contribution >= 4 is 5.69 Å². The van der Waals surface area contributed by atoms with Crippen LogP contribution in [0.15, 0.2) is 18.2 Å². The van der Waals surface area contributed by atoms with Crippen LogP contribution >= 0.6 is 0 Å². The molecule has 0 heterocycles. The summed E-state index contributed by atoms with van der Waals surface area (Å²) in [6, 6.07) is 6.56. The third-order valence-corrected chi connectivity index (χ3v) is 3.48. The van der Waals surface area contributed by atoms with Gasteiger partial charge >= 0.3 is 0 Å². The summed E-state index contributed by atoms with van der Waals surface area (Å²) < 4.78 is 0. The average molecular weight is 233 g/mol. The number of rotatable bonds is 3. The summed E-state index contributed by atoms with van der Waals surface area (Å²) in [7, 11) is 0. The molecule has 0 aliphatic carbocycles. The van der Waals surface area contributed by atoms with Crippen LogP contribution in [-0.4, -0.2) is 0 Å². The van der Waals surface area contributed by atoms with Crippen molar-refractivity contribution in [1.29, 1.82) is 0 Å². The standard InChI is InChI=1S/C16H27N/c1-7-8-16(5,6)13-9-12(15(2,3)4)10-14(17)11-13/h9-11H,7-8,17H2,1-6H3. The van der Waals surface area contributed by atoms with Gasteiger partial charge in [0.05, 0.1) is 0 Å². The van der Waals surface area contributed by atoms with E-state index in [1.807, 2.05) is 0 Å². The predicted molar refractivity (Wildman–Crippen MR) is 77.5 cm³/mol. The molecule has 0 unspecified atom stereocenters. The number of nitrogens with two attached hydrogens (primary N) is 1. The highest BCUT2D eigenvalue weighted by Crippen LogP contribution is 2.33. The molecule has 0 radical (unpaired) electrons. The minimum atomic E-state index is 0.159. The molecule has 1 aromatic carbocycles. The van der Waals surface area contributed by atoms with Crippen LogP contribution < -0.4 is 5.73 Å². The van der Waals surface area contributed by atoms with Crippen LogP contribution in [-0.2, 0) is 10.8 Å². The van der Waals surface area contributed by atoms with Crippen molar-refractivity contribution < 1.29 is 0 Å². The van der Waals surface area contributed by atoms with E-state index in [2.05, 4.69) is 59.7 Å². The van der Waals surface area contributed by atoms with Crippen LogP contribution in [0.5, 0.6) is 0 Å². The molecule has 1 nitrogen and oxygen atoms in total. The Balaban J connectivity index is 3.23. The Morgan fingerprint density at radius 1 is 0.941 bits per heavy atom. The molecule has 0 saturated carbocycles. The molecule has 2 N–H and O–H groups in total. The fourth-order valence-corrected chi connectivity index (χ4v) is 2.24. The van der Waals surface area contributed by atoms with E-state index in [0.717, 1.165) is 5.69 Å². The molecule has 0 aliphatic rings. The van der Waals surface area contributed by atoms with Gasteiger partial charge in [0, 0.05) is 5.69 Å². The molecule has 0 amide bonds. The molecular formula is C16H27N. The van der Waals surface area contributed by atoms with Crippen molar-refractivity contribution in [2.75, 3.05) is 5.73 Å². The lowest BCUT2D eigenvalue weighted by atomic mass is 9.77. The van der Waals surface area contributed by atoms with E-state index in [0.29, 0.717) is 0 Å². The van der Waals surface area contributed by atoms with E-state index in [1.165, 1.54) is 24.0 Å². The molecule has 1 heteroatoms. The Labute approximate surface area is 106 Å². The third-order valence-electron chi connectivity index (χ3n) is 3.48. The number of anilines is 1. The summed E-state index contributed by atoms with van der Waals surface area (Å²) >= 11 is 0. The van der Waals surface area contributed by atoms with Crippen molar-refractivity contribution in [3.63, 3.8) is 0 Å². The van der Waals surface area contributed by atoms with Gasteiger partial charge in [0.25, 0.3) is 0 Å². The lowest BCUT2D eigenvalue weighted by Gasteiger charge is -2.28. The predicted octanol–water partition coefficient (Wildman–Crippen LogP) is 4.64. The van der Waals surface area contributed by atoms with Crippen LogP contribution in [0, 0.1) is 0 Å². The quantitative estimate of drug-likeness (QED) is 0.756. The maximum Gasteiger partial charge on any atom is 0.0319 e. The largest absolute Gasteiger partial charge is 0.399 e. The summed E-state index contributed by atoms with van der Waals surface area (Å²) in [4.78, 5) is 0. The molecular weight excluding hydrogens is 206 g/mol. The Morgan fingerprint density at radius 3 is 1.94 bits per heavy atom. The van der Waals surface area contributed by atoms with Crippen LogP contribution in [0.3, 0.4) is 0 Å². The highest BCUT2D eigenvalue weighted by molar-refractivity contribution is 5.48. The SMILES string of the molecule is CCCC(C)(C)c1cc(N)cc(C(C)(C)C)c1. The smallest absolute Gasteiger partial charge is 0.0319 e. The van der Waals surface area contributed by atoms with E-state index in [4.69, 9.17) is 5.73 Å². The molecule has 0 bridgehead atoms. The van der Waals surface area contributed by atoms with Crippen LogP contribution in [0.1, 0.15) is 65.5 Å². The van der Waals surface area contributed by atoms with Gasteiger partial charge in [-0.3, -0.25) is 0 Å². The van der Waals surface area contributed by atoms with Crippen molar-refractivity contribution in [3.8, 4) is 0 Å². The minimum absolute atomic E-state index is 0.159. The fourth-order valence-electron chi connectivity index (χ4n) is 2.24. The molecule has 0 atom stereocenters. The van der Waals surface area contributed by atoms with Gasteiger partial charge in [-0.2, -0.15) is 0 Å². The molecule has 0 aromatic heterocycles. The van der Waals surface area contributed by atoms with Crippen LogP contribution in [0.2, 0.25) is 0 Å². The first-order chi connectivity index (χ1) is 7.66. The Morgan fingerprint density at radius 2 is 1.47 bits per heavy atom. The highest BCUT2D eigenvalue weighted by atomic mass is 14.5. The molecule has 17 heavy (non-hydrogen) atoms. The number of nitrogen functional groups attached to an aromatic ring is 1. The normalized spacial score (nSPS) is 12.8. The summed E-state index contributed by atoms with van der Waals surface area (Å²) in [5, 5.41) is 0. The van der Waals surface area contributed by atoms with Crippen molar-refractivity contribution in [3.05, 3.63) is 29.3 Å². The van der Waals surface area contributed by atoms with Gasteiger partial charge in [0.2, 0.25) is 0 Å². The van der Waals surface area contributed by atoms with Crippen LogP contribution in [0.4, 0.5) is 5.69 Å². The second-order valence-electron chi connectivity index (χ2n) is 6.73. The van der Waals surface area contributed by atoms with E-state index < -0.39 is 0 Å². The van der Waals surface area contributed by atoms with E-state index >= 15 is 0 Å². The molecule has 0 aliphatic heterocycles. The first-order valence-electron chi connectivity index (χ1n) is 6.58. The minimum Gasteiger partial charge on any atom is -0.399 e. The van der Waals surface area contributed by atoms with Gasteiger partial charge in [0.1, 0.15) is 0 Å². The van der Waals surface area contributed by atoms with Gasteiger partial charge < -0.3 is 5.73 Å². The number of hydrogen-bond donors (Lipinski definition) is 1. The Kier molecular flexibility index (Phi) is 3.91. The molecule has 1 rings (SSSR count). The van der Waals surface area contributed by atoms with Gasteiger partial charge in [-0.15, -0.1) is 0 Å². The molecule has 0 spiro atoms. The first kappa shape index (κ1) is 14.1. The second-order valence-corrected chi connectivity index (χ2v) is 6.73. The molecule has 1 aromatic rings. The topological polar surface area (TPSA) is 26.0 Å². The zero-order chi connectivity index (χ0) is 13.3. The van der Waals surface area contributed by atoms with Crippen molar-refractivity contribution in [2.24, 2.45) is 0 Å². The zero-order valence-corrected chi connectivity index (χ0v) is 12.2.